The number of hydrogen-bond donors (Lipinski definition) is 1. The Morgan fingerprint density at radius 2 is 2.10 bits per heavy atom. The molecule has 5 nitrogen and oxygen atoms in total. The number of hydrogen-bond acceptors (Lipinski definition) is 5. The number of nitrogens with zero attached hydrogens (tertiary/aromatic N) is 3. The molecule has 0 amide bonds. The van der Waals surface area contributed by atoms with Crippen molar-refractivity contribution in [1.29, 1.82) is 0 Å². The van der Waals surface area contributed by atoms with E-state index in [0.29, 0.717) is 5.02 Å². The van der Waals surface area contributed by atoms with E-state index in [2.05, 4.69) is 20.2 Å². The highest BCUT2D eigenvalue weighted by molar-refractivity contribution is 6.31. The van der Waals surface area contributed by atoms with Crippen LogP contribution in [0.2, 0.25) is 5.02 Å². The molecule has 0 spiro atoms. The molecule has 1 aliphatic rings. The van der Waals surface area contributed by atoms with E-state index >= 15 is 0 Å². The lowest BCUT2D eigenvalue weighted by atomic mass is 10.2. The van der Waals surface area contributed by atoms with Crippen molar-refractivity contribution < 1.29 is 4.74 Å². The van der Waals surface area contributed by atoms with Crippen LogP contribution >= 0.6 is 11.6 Å². The van der Waals surface area contributed by atoms with Crippen molar-refractivity contribution in [3.8, 4) is 0 Å². The molecule has 2 heterocycles. The lowest BCUT2D eigenvalue weighted by Crippen LogP contribution is -2.39. The highest BCUT2D eigenvalue weighted by Gasteiger charge is 2.10. The molecule has 1 aromatic carbocycles. The minimum atomic E-state index is 0.698. The Kier molecular flexibility index (Phi) is 4.30. The van der Waals surface area contributed by atoms with Gasteiger partial charge < -0.3 is 10.1 Å². The largest absolute Gasteiger partial charge is 0.379 e. The number of fused-ring (bicyclic) bond motifs is 1. The molecule has 1 aliphatic heterocycles. The fraction of sp³-hybridized carbons (Fsp3) is 0.429. The van der Waals surface area contributed by atoms with Gasteiger partial charge in [-0.05, 0) is 18.2 Å². The predicted octanol–water partition coefficient (Wildman–Crippen LogP) is 2.03. The fourth-order valence-corrected chi connectivity index (χ4v) is 2.50. The highest BCUT2D eigenvalue weighted by Crippen LogP contribution is 2.22. The van der Waals surface area contributed by atoms with Crippen LogP contribution < -0.4 is 5.32 Å². The Morgan fingerprint density at radius 3 is 2.95 bits per heavy atom. The lowest BCUT2D eigenvalue weighted by molar-refractivity contribution is 0.0398. The van der Waals surface area contributed by atoms with Crippen LogP contribution in [0.3, 0.4) is 0 Å². The first kappa shape index (κ1) is 13.5. The summed E-state index contributed by atoms with van der Waals surface area (Å²) in [5, 5.41) is 5.03. The van der Waals surface area contributed by atoms with Crippen LogP contribution in [0.5, 0.6) is 0 Å². The first-order valence-corrected chi connectivity index (χ1v) is 7.15. The molecule has 0 bridgehead atoms. The van der Waals surface area contributed by atoms with Gasteiger partial charge in [-0.1, -0.05) is 11.6 Å². The molecule has 20 heavy (non-hydrogen) atoms. The van der Waals surface area contributed by atoms with Crippen molar-refractivity contribution in [3.63, 3.8) is 0 Å². The Hall–Kier alpha value is -1.43. The fourth-order valence-electron chi connectivity index (χ4n) is 2.33. The van der Waals surface area contributed by atoms with Crippen LogP contribution in [0, 0.1) is 0 Å². The summed E-state index contributed by atoms with van der Waals surface area (Å²) in [5.41, 5.74) is 0.901. The second-order valence-electron chi connectivity index (χ2n) is 4.76. The van der Waals surface area contributed by atoms with Gasteiger partial charge in [0.05, 0.1) is 18.7 Å². The number of halogens is 1. The quantitative estimate of drug-likeness (QED) is 0.934. The maximum atomic E-state index is 6.04. The average molecular weight is 293 g/mol. The number of nitrogens with one attached hydrogen (secondary N) is 1. The van der Waals surface area contributed by atoms with Crippen LogP contribution in [-0.4, -0.2) is 54.3 Å². The average Bonchev–Trinajstić information content (AvgIpc) is 2.49. The predicted molar refractivity (Wildman–Crippen MR) is 80.3 cm³/mol. The van der Waals surface area contributed by atoms with Gasteiger partial charge in [-0.3, -0.25) is 4.90 Å². The maximum Gasteiger partial charge on any atom is 0.137 e. The summed E-state index contributed by atoms with van der Waals surface area (Å²) in [4.78, 5) is 10.9. The number of ether oxygens (including phenoxy) is 1. The summed E-state index contributed by atoms with van der Waals surface area (Å²) < 4.78 is 5.34. The van der Waals surface area contributed by atoms with Crippen LogP contribution in [-0.2, 0) is 4.74 Å². The molecule has 1 saturated heterocycles. The summed E-state index contributed by atoms with van der Waals surface area (Å²) in [6.07, 6.45) is 1.58. The van der Waals surface area contributed by atoms with E-state index < -0.39 is 0 Å². The van der Waals surface area contributed by atoms with E-state index in [0.717, 1.165) is 56.1 Å². The zero-order chi connectivity index (χ0) is 13.8. The lowest BCUT2D eigenvalue weighted by Gasteiger charge is -2.26. The van der Waals surface area contributed by atoms with E-state index in [4.69, 9.17) is 16.3 Å². The van der Waals surface area contributed by atoms with E-state index in [9.17, 15) is 0 Å². The third-order valence-electron chi connectivity index (χ3n) is 3.42. The normalized spacial score (nSPS) is 16.4. The van der Waals surface area contributed by atoms with Gasteiger partial charge in [-0.25, -0.2) is 9.97 Å². The molecule has 106 valence electrons. The van der Waals surface area contributed by atoms with Gasteiger partial charge in [0.2, 0.25) is 0 Å². The molecule has 6 heteroatoms. The summed E-state index contributed by atoms with van der Waals surface area (Å²) in [5.74, 6) is 0.839. The van der Waals surface area contributed by atoms with Gasteiger partial charge in [0.15, 0.2) is 0 Å². The van der Waals surface area contributed by atoms with Crippen molar-refractivity contribution in [2.75, 3.05) is 44.7 Å². The topological polar surface area (TPSA) is 50.3 Å². The molecule has 0 atom stereocenters. The molecule has 3 rings (SSSR count). The van der Waals surface area contributed by atoms with Crippen molar-refractivity contribution in [2.24, 2.45) is 0 Å². The number of morpholine rings is 1. The van der Waals surface area contributed by atoms with Gasteiger partial charge in [-0.15, -0.1) is 0 Å². The van der Waals surface area contributed by atoms with E-state index in [1.165, 1.54) is 0 Å². The molecule has 1 N–H and O–H groups in total. The Bertz CT molecular complexity index is 586. The highest BCUT2D eigenvalue weighted by atomic mass is 35.5. The van der Waals surface area contributed by atoms with Gasteiger partial charge >= 0.3 is 0 Å². The van der Waals surface area contributed by atoms with Crippen LogP contribution in [0.15, 0.2) is 24.5 Å². The minimum Gasteiger partial charge on any atom is -0.379 e. The zero-order valence-corrected chi connectivity index (χ0v) is 11.9. The van der Waals surface area contributed by atoms with Crippen LogP contribution in [0.25, 0.3) is 10.9 Å². The van der Waals surface area contributed by atoms with Gasteiger partial charge in [-0.2, -0.15) is 0 Å². The summed E-state index contributed by atoms with van der Waals surface area (Å²) >= 11 is 6.04. The van der Waals surface area contributed by atoms with Gasteiger partial charge in [0.25, 0.3) is 0 Å². The number of benzene rings is 1. The summed E-state index contributed by atoms with van der Waals surface area (Å²) in [7, 11) is 0. The Labute approximate surface area is 122 Å². The molecule has 0 saturated carbocycles. The van der Waals surface area contributed by atoms with Crippen molar-refractivity contribution in [2.45, 2.75) is 0 Å². The Morgan fingerprint density at radius 1 is 1.25 bits per heavy atom. The third kappa shape index (κ3) is 3.17. The first-order chi connectivity index (χ1) is 9.83. The van der Waals surface area contributed by atoms with E-state index in [1.54, 1.807) is 6.33 Å². The minimum absolute atomic E-state index is 0.698. The van der Waals surface area contributed by atoms with E-state index in [1.807, 2.05) is 18.2 Å². The molecular weight excluding hydrogens is 276 g/mol. The number of rotatable bonds is 4. The number of anilines is 1. The molecule has 2 aromatic rings. The second kappa shape index (κ2) is 6.35. The molecule has 1 aromatic heterocycles. The van der Waals surface area contributed by atoms with Crippen molar-refractivity contribution in [1.82, 2.24) is 14.9 Å². The maximum absolute atomic E-state index is 6.04. The molecule has 0 unspecified atom stereocenters. The SMILES string of the molecule is Clc1ccc2ncnc(NCCN3CCOCC3)c2c1. The van der Waals surface area contributed by atoms with Gasteiger partial charge in [0.1, 0.15) is 12.1 Å². The van der Waals surface area contributed by atoms with Crippen LogP contribution in [0.4, 0.5) is 5.82 Å². The zero-order valence-electron chi connectivity index (χ0n) is 11.2. The van der Waals surface area contributed by atoms with Crippen molar-refractivity contribution >= 4 is 28.3 Å². The molecular formula is C14H17ClN4O. The number of aromatic nitrogens is 2. The third-order valence-corrected chi connectivity index (χ3v) is 3.66. The second-order valence-corrected chi connectivity index (χ2v) is 5.20. The summed E-state index contributed by atoms with van der Waals surface area (Å²) in [6.45, 7) is 5.47. The standard InChI is InChI=1S/C14H17ClN4O/c15-11-1-2-13-12(9-11)14(18-10-17-13)16-3-4-19-5-7-20-8-6-19/h1-2,9-10H,3-8H2,(H,16,17,18). The first-order valence-electron chi connectivity index (χ1n) is 6.77. The van der Waals surface area contributed by atoms with Crippen LogP contribution in [0.1, 0.15) is 0 Å². The Balaban J connectivity index is 1.66. The smallest absolute Gasteiger partial charge is 0.137 e. The van der Waals surface area contributed by atoms with Crippen molar-refractivity contribution in [3.05, 3.63) is 29.5 Å². The van der Waals surface area contributed by atoms with Gasteiger partial charge in [0, 0.05) is 36.6 Å². The summed E-state index contributed by atoms with van der Waals surface area (Å²) in [6, 6.07) is 5.65. The molecule has 0 radical (unpaired) electrons. The van der Waals surface area contributed by atoms with E-state index in [-0.39, 0.29) is 0 Å². The monoisotopic (exact) mass is 292 g/mol. The molecule has 0 aliphatic carbocycles. The molecule has 1 fully saturated rings.